The second kappa shape index (κ2) is 6.52. The monoisotopic (exact) mass is 310 g/mol. The molecule has 2 amide bonds. The Hall–Kier alpha value is -2.82. The summed E-state index contributed by atoms with van der Waals surface area (Å²) in [6.45, 7) is 1.82. The van der Waals surface area contributed by atoms with Crippen molar-refractivity contribution >= 4 is 17.9 Å². The lowest BCUT2D eigenvalue weighted by Crippen LogP contribution is -2.35. The molecule has 0 aliphatic heterocycles. The van der Waals surface area contributed by atoms with Crippen molar-refractivity contribution in [1.29, 1.82) is 0 Å². The number of amides is 2. The van der Waals surface area contributed by atoms with Crippen molar-refractivity contribution in [1.82, 2.24) is 10.6 Å². The van der Waals surface area contributed by atoms with Gasteiger partial charge >= 0.3 is 0 Å². The predicted octanol–water partition coefficient (Wildman–Crippen LogP) is 2.64. The smallest absolute Gasteiger partial charge is 0.268 e. The summed E-state index contributed by atoms with van der Waals surface area (Å²) >= 11 is 0. The molecule has 1 aliphatic rings. The fraction of sp³-hybridized carbons (Fsp3) is 0.222. The Kier molecular flexibility index (Phi) is 4.28. The minimum absolute atomic E-state index is 0.181. The molecule has 1 aromatic carbocycles. The minimum Gasteiger partial charge on any atom is -0.462 e. The molecule has 1 aliphatic carbocycles. The van der Waals surface area contributed by atoms with E-state index < -0.39 is 0 Å². The van der Waals surface area contributed by atoms with Gasteiger partial charge in [-0.15, -0.1) is 0 Å². The van der Waals surface area contributed by atoms with Crippen LogP contribution >= 0.6 is 0 Å². The molecule has 3 rings (SSSR count). The lowest BCUT2D eigenvalue weighted by atomic mass is 10.2. The number of aryl methyl sites for hydroxylation is 1. The van der Waals surface area contributed by atoms with E-state index in [1.807, 2.05) is 13.0 Å². The molecule has 0 saturated heterocycles. The van der Waals surface area contributed by atoms with Crippen LogP contribution in [0.4, 0.5) is 0 Å². The summed E-state index contributed by atoms with van der Waals surface area (Å²) in [6.07, 6.45) is 3.50. The first-order valence-electron chi connectivity index (χ1n) is 7.57. The Morgan fingerprint density at radius 1 is 1.13 bits per heavy atom. The molecule has 1 saturated carbocycles. The Morgan fingerprint density at radius 3 is 2.48 bits per heavy atom. The van der Waals surface area contributed by atoms with Crippen molar-refractivity contribution in [2.75, 3.05) is 0 Å². The second-order valence-corrected chi connectivity index (χ2v) is 5.57. The van der Waals surface area contributed by atoms with E-state index in [0.717, 1.165) is 18.6 Å². The van der Waals surface area contributed by atoms with Gasteiger partial charge in [0.2, 0.25) is 0 Å². The van der Waals surface area contributed by atoms with Crippen molar-refractivity contribution in [3.63, 3.8) is 0 Å². The first-order chi connectivity index (χ1) is 11.1. The van der Waals surface area contributed by atoms with Crippen LogP contribution in [-0.4, -0.2) is 17.9 Å². The van der Waals surface area contributed by atoms with Crippen molar-refractivity contribution in [3.05, 3.63) is 65.2 Å². The quantitative estimate of drug-likeness (QED) is 0.834. The number of carbonyl (C=O) groups excluding carboxylic acids is 2. The van der Waals surface area contributed by atoms with Gasteiger partial charge in [0.25, 0.3) is 11.8 Å². The third kappa shape index (κ3) is 4.10. The van der Waals surface area contributed by atoms with Crippen LogP contribution in [0.5, 0.6) is 0 Å². The summed E-state index contributed by atoms with van der Waals surface area (Å²) in [6, 6.07) is 12.6. The number of furan rings is 1. The molecule has 23 heavy (non-hydrogen) atoms. The zero-order valence-electron chi connectivity index (χ0n) is 12.8. The van der Waals surface area contributed by atoms with E-state index in [1.54, 1.807) is 42.5 Å². The van der Waals surface area contributed by atoms with Crippen molar-refractivity contribution in [2.45, 2.75) is 25.8 Å². The Labute approximate surface area is 134 Å². The number of hydrogen-bond donors (Lipinski definition) is 2. The van der Waals surface area contributed by atoms with E-state index in [4.69, 9.17) is 4.42 Å². The molecule has 2 aromatic rings. The third-order valence-electron chi connectivity index (χ3n) is 3.49. The number of hydrogen-bond acceptors (Lipinski definition) is 3. The second-order valence-electron chi connectivity index (χ2n) is 5.57. The molecule has 2 N–H and O–H groups in total. The highest BCUT2D eigenvalue weighted by Gasteiger charge is 2.25. The van der Waals surface area contributed by atoms with Crippen LogP contribution in [0.15, 0.2) is 52.6 Å². The Bertz CT molecular complexity index is 743. The Morgan fingerprint density at radius 2 is 1.87 bits per heavy atom. The average molecular weight is 310 g/mol. The summed E-state index contributed by atoms with van der Waals surface area (Å²) in [5.41, 5.74) is 0.674. The number of rotatable bonds is 5. The van der Waals surface area contributed by atoms with Gasteiger partial charge in [-0.05, 0) is 44.0 Å². The van der Waals surface area contributed by atoms with E-state index >= 15 is 0 Å². The molecule has 0 spiro atoms. The van der Waals surface area contributed by atoms with E-state index in [9.17, 15) is 9.59 Å². The number of benzene rings is 1. The van der Waals surface area contributed by atoms with Crippen LogP contribution in [0, 0.1) is 6.92 Å². The molecular weight excluding hydrogens is 292 g/mol. The van der Waals surface area contributed by atoms with Crippen LogP contribution in [0.25, 0.3) is 6.08 Å². The maximum atomic E-state index is 12.3. The zero-order valence-corrected chi connectivity index (χ0v) is 12.8. The van der Waals surface area contributed by atoms with E-state index in [2.05, 4.69) is 10.6 Å². The van der Waals surface area contributed by atoms with Crippen LogP contribution in [-0.2, 0) is 4.79 Å². The van der Waals surface area contributed by atoms with Gasteiger partial charge in [0, 0.05) is 17.7 Å². The molecule has 0 unspecified atom stereocenters. The summed E-state index contributed by atoms with van der Waals surface area (Å²) in [5.74, 6) is 0.640. The molecule has 1 fully saturated rings. The fourth-order valence-corrected chi connectivity index (χ4v) is 2.11. The summed E-state index contributed by atoms with van der Waals surface area (Å²) in [7, 11) is 0. The van der Waals surface area contributed by atoms with E-state index in [0.29, 0.717) is 11.3 Å². The number of nitrogens with one attached hydrogen (secondary N) is 2. The highest BCUT2D eigenvalue weighted by Crippen LogP contribution is 2.19. The molecule has 118 valence electrons. The predicted molar refractivity (Wildman–Crippen MR) is 86.5 cm³/mol. The zero-order chi connectivity index (χ0) is 16.2. The molecule has 0 radical (unpaired) electrons. The van der Waals surface area contributed by atoms with Crippen molar-refractivity contribution in [2.24, 2.45) is 0 Å². The number of carbonyl (C=O) groups is 2. The van der Waals surface area contributed by atoms with Gasteiger partial charge < -0.3 is 15.1 Å². The summed E-state index contributed by atoms with van der Waals surface area (Å²) in [5, 5.41) is 5.55. The van der Waals surface area contributed by atoms with Gasteiger partial charge in [-0.3, -0.25) is 9.59 Å². The lowest BCUT2D eigenvalue weighted by Gasteiger charge is -2.10. The van der Waals surface area contributed by atoms with Gasteiger partial charge in [0.15, 0.2) is 0 Å². The molecule has 0 bridgehead atoms. The summed E-state index contributed by atoms with van der Waals surface area (Å²) < 4.78 is 5.46. The van der Waals surface area contributed by atoms with Gasteiger partial charge in [0.1, 0.15) is 17.2 Å². The minimum atomic E-state index is -0.328. The van der Waals surface area contributed by atoms with Crippen LogP contribution in [0.2, 0.25) is 0 Å². The average Bonchev–Trinajstić information content (AvgIpc) is 3.27. The molecule has 1 aromatic heterocycles. The fourth-order valence-electron chi connectivity index (χ4n) is 2.11. The topological polar surface area (TPSA) is 71.3 Å². The lowest BCUT2D eigenvalue weighted by molar-refractivity contribution is -0.117. The van der Waals surface area contributed by atoms with Crippen molar-refractivity contribution in [3.8, 4) is 0 Å². The molecular formula is C18H18N2O3. The maximum absolute atomic E-state index is 12.3. The normalized spacial score (nSPS) is 14.4. The largest absolute Gasteiger partial charge is 0.462 e. The Balaban J connectivity index is 1.80. The van der Waals surface area contributed by atoms with Gasteiger partial charge in [0.05, 0.1) is 0 Å². The van der Waals surface area contributed by atoms with Crippen molar-refractivity contribution < 1.29 is 14.0 Å². The molecule has 1 heterocycles. The van der Waals surface area contributed by atoms with Gasteiger partial charge in [-0.1, -0.05) is 18.2 Å². The van der Waals surface area contributed by atoms with Crippen LogP contribution in [0.3, 0.4) is 0 Å². The van der Waals surface area contributed by atoms with E-state index in [1.165, 1.54) is 0 Å². The standard InChI is InChI=1S/C18H18N2O3/c1-12-7-10-15(23-12)11-16(18(22)19-14-8-9-14)20-17(21)13-5-3-2-4-6-13/h2-7,10-11,14H,8-9H2,1H3,(H,19,22)(H,20,21)/b16-11-. The third-order valence-corrected chi connectivity index (χ3v) is 3.49. The van der Waals surface area contributed by atoms with Gasteiger partial charge in [-0.2, -0.15) is 0 Å². The van der Waals surface area contributed by atoms with Gasteiger partial charge in [-0.25, -0.2) is 0 Å². The van der Waals surface area contributed by atoms with Crippen LogP contribution in [0.1, 0.15) is 34.7 Å². The maximum Gasteiger partial charge on any atom is 0.268 e. The summed E-state index contributed by atoms with van der Waals surface area (Å²) in [4.78, 5) is 24.6. The highest BCUT2D eigenvalue weighted by atomic mass is 16.3. The first-order valence-corrected chi connectivity index (χ1v) is 7.57. The molecule has 5 nitrogen and oxygen atoms in total. The molecule has 0 atom stereocenters. The first kappa shape index (κ1) is 15.1. The highest BCUT2D eigenvalue weighted by molar-refractivity contribution is 6.05. The van der Waals surface area contributed by atoms with Crippen LogP contribution < -0.4 is 10.6 Å². The SMILES string of the molecule is Cc1ccc(/C=C(\NC(=O)c2ccccc2)C(=O)NC2CC2)o1. The van der Waals surface area contributed by atoms with E-state index in [-0.39, 0.29) is 23.6 Å². The molecule has 5 heteroatoms.